The zero-order chi connectivity index (χ0) is 24.7. The average molecular weight is 475 g/mol. The minimum atomic E-state index is -0.449. The lowest BCUT2D eigenvalue weighted by molar-refractivity contribution is -0.164. The fourth-order valence-electron chi connectivity index (χ4n) is 4.24. The summed E-state index contributed by atoms with van der Waals surface area (Å²) in [4.78, 5) is 38.4. The molecule has 188 valence electrons. The first-order chi connectivity index (χ1) is 16.1. The number of piperazine rings is 1. The Morgan fingerprint density at radius 2 is 1.53 bits per heavy atom. The topological polar surface area (TPSA) is 91.4 Å². The Labute approximate surface area is 202 Å². The van der Waals surface area contributed by atoms with Crippen LogP contribution in [0.5, 0.6) is 0 Å². The number of amides is 2. The number of hydrogen-bond acceptors (Lipinski definition) is 7. The molecular formula is C25H38N4O5. The molecule has 0 unspecified atom stereocenters. The maximum atomic E-state index is 12.7. The van der Waals surface area contributed by atoms with Crippen molar-refractivity contribution in [2.24, 2.45) is 5.92 Å². The third kappa shape index (κ3) is 7.70. The molecule has 2 heterocycles. The summed E-state index contributed by atoms with van der Waals surface area (Å²) in [6.07, 6.45) is 1.81. The lowest BCUT2D eigenvalue weighted by atomic mass is 9.97. The van der Waals surface area contributed by atoms with Gasteiger partial charge in [-0.1, -0.05) is 12.1 Å². The highest BCUT2D eigenvalue weighted by Crippen LogP contribution is 2.23. The number of nitrogens with one attached hydrogen (secondary N) is 1. The largest absolute Gasteiger partial charge is 0.466 e. The molecule has 0 aliphatic carbocycles. The van der Waals surface area contributed by atoms with Crippen molar-refractivity contribution in [3.8, 4) is 0 Å². The van der Waals surface area contributed by atoms with Crippen molar-refractivity contribution < 1.29 is 23.9 Å². The van der Waals surface area contributed by atoms with Gasteiger partial charge in [0, 0.05) is 45.0 Å². The van der Waals surface area contributed by atoms with E-state index in [9.17, 15) is 14.4 Å². The third-order valence-corrected chi connectivity index (χ3v) is 6.01. The molecule has 3 rings (SSSR count). The van der Waals surface area contributed by atoms with Crippen LogP contribution in [0.25, 0.3) is 0 Å². The van der Waals surface area contributed by atoms with E-state index in [0.717, 1.165) is 44.6 Å². The summed E-state index contributed by atoms with van der Waals surface area (Å²) in [7, 11) is 0. The highest BCUT2D eigenvalue weighted by molar-refractivity contribution is 5.89. The van der Waals surface area contributed by atoms with E-state index in [0.29, 0.717) is 25.4 Å². The number of hydrogen-bond donors (Lipinski definition) is 1. The number of nitrogens with zero attached hydrogens (tertiary/aromatic N) is 3. The SMILES string of the molecule is CCOC(=O)Cc1ccc(NC(=O)N2CCN(N3CCC(C(=O)OC(C)(C)C)CC3)CC2)cc1. The van der Waals surface area contributed by atoms with Gasteiger partial charge in [-0.2, -0.15) is 0 Å². The monoisotopic (exact) mass is 474 g/mol. The smallest absolute Gasteiger partial charge is 0.321 e. The van der Waals surface area contributed by atoms with Crippen molar-refractivity contribution in [1.29, 1.82) is 0 Å². The number of urea groups is 1. The number of ether oxygens (including phenoxy) is 2. The fraction of sp³-hybridized carbons (Fsp3) is 0.640. The quantitative estimate of drug-likeness (QED) is 0.634. The van der Waals surface area contributed by atoms with Crippen LogP contribution in [0.1, 0.15) is 46.1 Å². The molecule has 0 radical (unpaired) electrons. The molecule has 2 aliphatic rings. The second-order valence-electron chi connectivity index (χ2n) is 9.81. The standard InChI is InChI=1S/C25H38N4O5/c1-5-33-22(30)18-19-6-8-21(9-7-19)26-24(32)27-14-16-29(17-15-27)28-12-10-20(11-13-28)23(31)34-25(2,3)4/h6-9,20H,5,10-18H2,1-4H3,(H,26,32). The van der Waals surface area contributed by atoms with Gasteiger partial charge in [0.15, 0.2) is 0 Å². The number of carbonyl (C=O) groups excluding carboxylic acids is 3. The van der Waals surface area contributed by atoms with Crippen molar-refractivity contribution in [3.05, 3.63) is 29.8 Å². The maximum absolute atomic E-state index is 12.7. The summed E-state index contributed by atoms with van der Waals surface area (Å²) in [6, 6.07) is 7.13. The van der Waals surface area contributed by atoms with E-state index in [1.165, 1.54) is 0 Å². The predicted molar refractivity (Wildman–Crippen MR) is 129 cm³/mol. The van der Waals surface area contributed by atoms with Gasteiger partial charge in [-0.15, -0.1) is 0 Å². The van der Waals surface area contributed by atoms with Crippen LogP contribution in [0.2, 0.25) is 0 Å². The normalized spacial score (nSPS) is 18.4. The molecule has 0 bridgehead atoms. The van der Waals surface area contributed by atoms with E-state index >= 15 is 0 Å². The molecule has 0 saturated carbocycles. The number of esters is 2. The number of piperidine rings is 1. The molecule has 1 aromatic rings. The molecule has 9 nitrogen and oxygen atoms in total. The highest BCUT2D eigenvalue weighted by atomic mass is 16.6. The highest BCUT2D eigenvalue weighted by Gasteiger charge is 2.32. The zero-order valence-corrected chi connectivity index (χ0v) is 20.8. The van der Waals surface area contributed by atoms with E-state index in [1.54, 1.807) is 19.1 Å². The summed E-state index contributed by atoms with van der Waals surface area (Å²) >= 11 is 0. The molecule has 2 aliphatic heterocycles. The van der Waals surface area contributed by atoms with Gasteiger partial charge < -0.3 is 19.7 Å². The van der Waals surface area contributed by atoms with Gasteiger partial charge in [0.1, 0.15) is 5.60 Å². The summed E-state index contributed by atoms with van der Waals surface area (Å²) in [5.74, 6) is -0.389. The minimum Gasteiger partial charge on any atom is -0.466 e. The van der Waals surface area contributed by atoms with Crippen LogP contribution < -0.4 is 5.32 Å². The van der Waals surface area contributed by atoms with E-state index in [4.69, 9.17) is 9.47 Å². The second kappa shape index (κ2) is 11.7. The van der Waals surface area contributed by atoms with Gasteiger partial charge in [-0.25, -0.2) is 14.8 Å². The lowest BCUT2D eigenvalue weighted by Crippen LogP contribution is -2.57. The Kier molecular flexibility index (Phi) is 8.90. The number of carbonyl (C=O) groups is 3. The van der Waals surface area contributed by atoms with Crippen LogP contribution in [-0.4, -0.2) is 84.4 Å². The van der Waals surface area contributed by atoms with Gasteiger partial charge in [-0.3, -0.25) is 9.59 Å². The molecular weight excluding hydrogens is 436 g/mol. The van der Waals surface area contributed by atoms with Crippen LogP contribution >= 0.6 is 0 Å². The molecule has 2 saturated heterocycles. The summed E-state index contributed by atoms with van der Waals surface area (Å²) in [5, 5.41) is 7.53. The van der Waals surface area contributed by atoms with Crippen molar-refractivity contribution >= 4 is 23.7 Å². The average Bonchev–Trinajstić information content (AvgIpc) is 2.79. The van der Waals surface area contributed by atoms with E-state index < -0.39 is 5.60 Å². The molecule has 2 amide bonds. The van der Waals surface area contributed by atoms with Crippen molar-refractivity contribution in [1.82, 2.24) is 14.9 Å². The van der Waals surface area contributed by atoms with E-state index in [2.05, 4.69) is 15.3 Å². The maximum Gasteiger partial charge on any atom is 0.321 e. The van der Waals surface area contributed by atoms with Gasteiger partial charge in [-0.05, 0) is 58.2 Å². The summed E-state index contributed by atoms with van der Waals surface area (Å²) in [6.45, 7) is 12.3. The molecule has 9 heteroatoms. The third-order valence-electron chi connectivity index (χ3n) is 6.01. The number of rotatable bonds is 6. The van der Waals surface area contributed by atoms with Crippen molar-refractivity contribution in [2.75, 3.05) is 51.2 Å². The minimum absolute atomic E-state index is 0.0359. The Hall–Kier alpha value is -2.65. The van der Waals surface area contributed by atoms with Crippen LogP contribution in [0.4, 0.5) is 10.5 Å². The first-order valence-electron chi connectivity index (χ1n) is 12.2. The molecule has 0 atom stereocenters. The number of hydrazine groups is 1. The summed E-state index contributed by atoms with van der Waals surface area (Å²) in [5.41, 5.74) is 1.10. The zero-order valence-electron chi connectivity index (χ0n) is 20.8. The molecule has 2 fully saturated rings. The molecule has 0 aromatic heterocycles. The number of anilines is 1. The second-order valence-corrected chi connectivity index (χ2v) is 9.81. The Morgan fingerprint density at radius 1 is 0.941 bits per heavy atom. The van der Waals surface area contributed by atoms with Crippen LogP contribution in [0.15, 0.2) is 24.3 Å². The van der Waals surface area contributed by atoms with E-state index in [1.807, 2.05) is 37.8 Å². The van der Waals surface area contributed by atoms with Crippen molar-refractivity contribution in [3.63, 3.8) is 0 Å². The van der Waals surface area contributed by atoms with E-state index in [-0.39, 0.29) is 30.3 Å². The predicted octanol–water partition coefficient (Wildman–Crippen LogP) is 2.91. The van der Waals surface area contributed by atoms with Gasteiger partial charge in [0.2, 0.25) is 0 Å². The van der Waals surface area contributed by atoms with Crippen LogP contribution in [-0.2, 0) is 25.5 Å². The lowest BCUT2D eigenvalue weighted by Gasteiger charge is -2.43. The van der Waals surface area contributed by atoms with Crippen LogP contribution in [0, 0.1) is 5.92 Å². The van der Waals surface area contributed by atoms with Crippen molar-refractivity contribution in [2.45, 2.75) is 52.6 Å². The van der Waals surface area contributed by atoms with Gasteiger partial charge in [0.25, 0.3) is 0 Å². The Morgan fingerprint density at radius 3 is 2.09 bits per heavy atom. The number of benzene rings is 1. The van der Waals surface area contributed by atoms with Gasteiger partial charge in [0.05, 0.1) is 18.9 Å². The van der Waals surface area contributed by atoms with Gasteiger partial charge >= 0.3 is 18.0 Å². The fourth-order valence-corrected chi connectivity index (χ4v) is 4.24. The summed E-state index contributed by atoms with van der Waals surface area (Å²) < 4.78 is 10.5. The molecule has 34 heavy (non-hydrogen) atoms. The molecule has 0 spiro atoms. The molecule has 1 aromatic carbocycles. The first kappa shape index (κ1) is 26.0. The first-order valence-corrected chi connectivity index (χ1v) is 12.2. The van der Waals surface area contributed by atoms with Crippen LogP contribution in [0.3, 0.4) is 0 Å². The Balaban J connectivity index is 1.40. The Bertz CT molecular complexity index is 836. The molecule has 1 N–H and O–H groups in total.